The topological polar surface area (TPSA) is 41.6 Å². The van der Waals surface area contributed by atoms with Gasteiger partial charge in [0.25, 0.3) is 0 Å². The minimum atomic E-state index is -0.205. The van der Waals surface area contributed by atoms with Gasteiger partial charge in [-0.25, -0.2) is 0 Å². The van der Waals surface area contributed by atoms with Crippen LogP contribution in [0.3, 0.4) is 0 Å². The zero-order valence-corrected chi connectivity index (χ0v) is 11.9. The lowest BCUT2D eigenvalue weighted by Crippen LogP contribution is -2.51. The Hall–Kier alpha value is -1.39. The number of likely N-dealkylation sites (N-methyl/N-ethyl adjacent to an activating group) is 1. The Bertz CT molecular complexity index is 453. The van der Waals surface area contributed by atoms with E-state index in [0.717, 1.165) is 6.54 Å². The van der Waals surface area contributed by atoms with Crippen LogP contribution in [-0.2, 0) is 16.1 Å². The molecule has 0 aliphatic carbocycles. The van der Waals surface area contributed by atoms with Crippen molar-refractivity contribution in [3.8, 4) is 0 Å². The van der Waals surface area contributed by atoms with E-state index in [9.17, 15) is 4.79 Å². The summed E-state index contributed by atoms with van der Waals surface area (Å²) < 4.78 is 5.34. The highest BCUT2D eigenvalue weighted by Gasteiger charge is 2.24. The molecule has 4 nitrogen and oxygen atoms in total. The van der Waals surface area contributed by atoms with Crippen LogP contribution in [0.15, 0.2) is 18.2 Å². The SMILES string of the molecule is Cc1ccc(C)c(CN(C)C(=O)C2COCCN2)c1. The molecule has 0 spiro atoms. The molecular formula is C15H22N2O2. The van der Waals surface area contributed by atoms with Gasteiger partial charge < -0.3 is 15.0 Å². The predicted molar refractivity (Wildman–Crippen MR) is 75.0 cm³/mol. The molecule has 19 heavy (non-hydrogen) atoms. The van der Waals surface area contributed by atoms with Gasteiger partial charge in [-0.05, 0) is 25.0 Å². The number of amides is 1. The van der Waals surface area contributed by atoms with Crippen molar-refractivity contribution in [1.29, 1.82) is 0 Å². The molecular weight excluding hydrogens is 240 g/mol. The van der Waals surface area contributed by atoms with E-state index in [0.29, 0.717) is 19.8 Å². The number of nitrogens with zero attached hydrogens (tertiary/aromatic N) is 1. The average Bonchev–Trinajstić information content (AvgIpc) is 2.43. The number of carbonyl (C=O) groups excluding carboxylic acids is 1. The van der Waals surface area contributed by atoms with Crippen LogP contribution in [-0.4, -0.2) is 43.7 Å². The van der Waals surface area contributed by atoms with Crippen molar-refractivity contribution in [1.82, 2.24) is 10.2 Å². The molecule has 104 valence electrons. The highest BCUT2D eigenvalue weighted by Crippen LogP contribution is 2.13. The first-order chi connectivity index (χ1) is 9.08. The van der Waals surface area contributed by atoms with Crippen LogP contribution in [0.2, 0.25) is 0 Å². The molecule has 1 aliphatic rings. The molecule has 1 unspecified atom stereocenters. The molecule has 1 aromatic rings. The summed E-state index contributed by atoms with van der Waals surface area (Å²) in [7, 11) is 1.85. The van der Waals surface area contributed by atoms with Crippen LogP contribution >= 0.6 is 0 Å². The van der Waals surface area contributed by atoms with Crippen molar-refractivity contribution < 1.29 is 9.53 Å². The fourth-order valence-corrected chi connectivity index (χ4v) is 2.29. The number of benzene rings is 1. The average molecular weight is 262 g/mol. The zero-order valence-electron chi connectivity index (χ0n) is 11.9. The number of ether oxygens (including phenoxy) is 1. The number of nitrogens with one attached hydrogen (secondary N) is 1. The van der Waals surface area contributed by atoms with Crippen LogP contribution in [0, 0.1) is 13.8 Å². The summed E-state index contributed by atoms with van der Waals surface area (Å²) in [5.74, 6) is 0.0978. The van der Waals surface area contributed by atoms with Gasteiger partial charge in [0, 0.05) is 20.1 Å². The molecule has 1 heterocycles. The second-order valence-corrected chi connectivity index (χ2v) is 5.21. The first-order valence-corrected chi connectivity index (χ1v) is 6.70. The molecule has 2 rings (SSSR count). The molecule has 1 aliphatic heterocycles. The minimum Gasteiger partial charge on any atom is -0.378 e. The van der Waals surface area contributed by atoms with E-state index < -0.39 is 0 Å². The second-order valence-electron chi connectivity index (χ2n) is 5.21. The van der Waals surface area contributed by atoms with Gasteiger partial charge in [-0.1, -0.05) is 23.8 Å². The molecule has 0 radical (unpaired) electrons. The van der Waals surface area contributed by atoms with Gasteiger partial charge in [-0.3, -0.25) is 4.79 Å². The van der Waals surface area contributed by atoms with E-state index in [1.54, 1.807) is 4.90 Å². The number of aryl methyl sites for hydroxylation is 2. The van der Waals surface area contributed by atoms with Gasteiger partial charge in [0.15, 0.2) is 0 Å². The van der Waals surface area contributed by atoms with Crippen molar-refractivity contribution in [3.05, 3.63) is 34.9 Å². The Labute approximate surface area is 114 Å². The van der Waals surface area contributed by atoms with Gasteiger partial charge in [0.1, 0.15) is 6.04 Å². The van der Waals surface area contributed by atoms with Gasteiger partial charge >= 0.3 is 0 Å². The Kier molecular flexibility index (Phi) is 4.56. The molecule has 4 heteroatoms. The monoisotopic (exact) mass is 262 g/mol. The molecule has 1 aromatic carbocycles. The summed E-state index contributed by atoms with van der Waals surface area (Å²) in [6.45, 7) is 6.69. The normalized spacial score (nSPS) is 19.2. The largest absolute Gasteiger partial charge is 0.378 e. The molecule has 1 fully saturated rings. The van der Waals surface area contributed by atoms with Crippen LogP contribution in [0.5, 0.6) is 0 Å². The Morgan fingerprint density at radius 1 is 1.47 bits per heavy atom. The Morgan fingerprint density at radius 3 is 2.95 bits per heavy atom. The number of carbonyl (C=O) groups is 1. The summed E-state index contributed by atoms with van der Waals surface area (Å²) >= 11 is 0. The van der Waals surface area contributed by atoms with Crippen molar-refractivity contribution in [2.45, 2.75) is 26.4 Å². The third kappa shape index (κ3) is 3.55. The summed E-state index contributed by atoms with van der Waals surface area (Å²) in [6, 6.07) is 6.13. The summed E-state index contributed by atoms with van der Waals surface area (Å²) in [6.07, 6.45) is 0. The lowest BCUT2D eigenvalue weighted by Gasteiger charge is -2.28. The summed E-state index contributed by atoms with van der Waals surface area (Å²) in [5, 5.41) is 3.20. The lowest BCUT2D eigenvalue weighted by atomic mass is 10.1. The third-order valence-corrected chi connectivity index (χ3v) is 3.51. The van der Waals surface area contributed by atoms with Crippen LogP contribution < -0.4 is 5.32 Å². The first-order valence-electron chi connectivity index (χ1n) is 6.70. The van der Waals surface area contributed by atoms with Crippen LogP contribution in [0.4, 0.5) is 0 Å². The van der Waals surface area contributed by atoms with Crippen LogP contribution in [0.25, 0.3) is 0 Å². The van der Waals surface area contributed by atoms with E-state index >= 15 is 0 Å². The molecule has 0 bridgehead atoms. The van der Waals surface area contributed by atoms with E-state index in [1.165, 1.54) is 16.7 Å². The Morgan fingerprint density at radius 2 is 2.26 bits per heavy atom. The van der Waals surface area contributed by atoms with Crippen molar-refractivity contribution >= 4 is 5.91 Å². The molecule has 1 N–H and O–H groups in total. The third-order valence-electron chi connectivity index (χ3n) is 3.51. The standard InChI is InChI=1S/C15H22N2O2/c1-11-4-5-12(2)13(8-11)9-17(3)15(18)14-10-19-7-6-16-14/h4-5,8,14,16H,6-7,9-10H2,1-3H3. The number of morpholine rings is 1. The molecule has 0 aromatic heterocycles. The highest BCUT2D eigenvalue weighted by molar-refractivity contribution is 5.82. The molecule has 1 atom stereocenters. The highest BCUT2D eigenvalue weighted by atomic mass is 16.5. The van der Waals surface area contributed by atoms with Gasteiger partial charge in [0.05, 0.1) is 13.2 Å². The quantitative estimate of drug-likeness (QED) is 0.891. The lowest BCUT2D eigenvalue weighted by molar-refractivity contribution is -0.135. The van der Waals surface area contributed by atoms with Gasteiger partial charge in [-0.2, -0.15) is 0 Å². The second kappa shape index (κ2) is 6.17. The molecule has 0 saturated carbocycles. The number of hydrogen-bond donors (Lipinski definition) is 1. The fraction of sp³-hybridized carbons (Fsp3) is 0.533. The van der Waals surface area contributed by atoms with E-state index in [4.69, 9.17) is 4.74 Å². The maximum Gasteiger partial charge on any atom is 0.242 e. The van der Waals surface area contributed by atoms with Crippen molar-refractivity contribution in [2.24, 2.45) is 0 Å². The fourth-order valence-electron chi connectivity index (χ4n) is 2.29. The predicted octanol–water partition coefficient (Wildman–Crippen LogP) is 1.25. The summed E-state index contributed by atoms with van der Waals surface area (Å²) in [4.78, 5) is 14.1. The zero-order chi connectivity index (χ0) is 13.8. The number of hydrogen-bond acceptors (Lipinski definition) is 3. The summed E-state index contributed by atoms with van der Waals surface area (Å²) in [5.41, 5.74) is 3.64. The van der Waals surface area contributed by atoms with Crippen molar-refractivity contribution in [3.63, 3.8) is 0 Å². The van der Waals surface area contributed by atoms with Gasteiger partial charge in [-0.15, -0.1) is 0 Å². The van der Waals surface area contributed by atoms with Gasteiger partial charge in [0.2, 0.25) is 5.91 Å². The van der Waals surface area contributed by atoms with Crippen LogP contribution in [0.1, 0.15) is 16.7 Å². The minimum absolute atomic E-state index is 0.0978. The van der Waals surface area contributed by atoms with E-state index in [-0.39, 0.29) is 11.9 Å². The van der Waals surface area contributed by atoms with E-state index in [2.05, 4.69) is 37.4 Å². The maximum atomic E-state index is 12.3. The maximum absolute atomic E-state index is 12.3. The smallest absolute Gasteiger partial charge is 0.242 e. The van der Waals surface area contributed by atoms with Crippen molar-refractivity contribution in [2.75, 3.05) is 26.8 Å². The first kappa shape index (κ1) is 14.0. The molecule has 1 amide bonds. The molecule has 1 saturated heterocycles. The van der Waals surface area contributed by atoms with E-state index in [1.807, 2.05) is 7.05 Å². The number of rotatable bonds is 3. The Balaban J connectivity index is 2.01.